The summed E-state index contributed by atoms with van der Waals surface area (Å²) in [5, 5.41) is 0. The fourth-order valence-electron chi connectivity index (χ4n) is 12.0. The summed E-state index contributed by atoms with van der Waals surface area (Å²) in [5.41, 5.74) is 1.13. The van der Waals surface area contributed by atoms with E-state index in [0.717, 1.165) is 51.4 Å². The van der Waals surface area contributed by atoms with Crippen LogP contribution in [-0.4, -0.2) is 30.9 Å². The first-order valence-corrected chi connectivity index (χ1v) is 15.6. The fourth-order valence-corrected chi connectivity index (χ4v) is 12.0. The van der Waals surface area contributed by atoms with Crippen molar-refractivity contribution in [1.82, 2.24) is 0 Å². The number of carbonyl (C=O) groups excluding carboxylic acids is 3. The van der Waals surface area contributed by atoms with Crippen molar-refractivity contribution in [2.75, 3.05) is 6.61 Å². The van der Waals surface area contributed by atoms with Gasteiger partial charge in [0.05, 0.1) is 0 Å². The van der Waals surface area contributed by atoms with Crippen molar-refractivity contribution < 1.29 is 23.9 Å². The summed E-state index contributed by atoms with van der Waals surface area (Å²) in [6.07, 6.45) is 11.8. The molecule has 0 heterocycles. The first-order valence-electron chi connectivity index (χ1n) is 15.6. The number of aldehydes is 1. The van der Waals surface area contributed by atoms with E-state index < -0.39 is 5.41 Å². The molecule has 0 bridgehead atoms. The largest absolute Gasteiger partial charge is 0.465 e. The number of rotatable bonds is 5. The van der Waals surface area contributed by atoms with Crippen LogP contribution in [0.1, 0.15) is 113 Å². The molecule has 11 atom stereocenters. The zero-order valence-corrected chi connectivity index (χ0v) is 25.6. The number of allylic oxidation sites excluding steroid dienone is 1. The Morgan fingerprint density at radius 2 is 1.54 bits per heavy atom. The Labute approximate surface area is 236 Å². The molecule has 5 fully saturated rings. The van der Waals surface area contributed by atoms with Crippen molar-refractivity contribution in [2.45, 2.75) is 119 Å². The predicted molar refractivity (Wildman–Crippen MR) is 152 cm³/mol. The third-order valence-electron chi connectivity index (χ3n) is 14.0. The summed E-state index contributed by atoms with van der Waals surface area (Å²) in [5.74, 6) is 1.76. The molecule has 5 heteroatoms. The van der Waals surface area contributed by atoms with Crippen LogP contribution in [0.25, 0.3) is 0 Å². The number of carbonyl (C=O) groups is 3. The highest BCUT2D eigenvalue weighted by Crippen LogP contribution is 2.77. The molecule has 0 radical (unpaired) electrons. The molecule has 5 aliphatic carbocycles. The van der Waals surface area contributed by atoms with Crippen LogP contribution in [0.15, 0.2) is 12.2 Å². The topological polar surface area (TPSA) is 69.7 Å². The second kappa shape index (κ2) is 9.44. The van der Waals surface area contributed by atoms with Crippen LogP contribution >= 0.6 is 0 Å². The Balaban J connectivity index is 1.52. The number of ether oxygens (including phenoxy) is 2. The standard InChI is InChI=1S/C34H52O5/c1-21(2)24-11-16-34(19-35)18-17-32(7)25(29(24)34)9-10-27-30(5)14-13-28(39-23(4)37)31(6,20-38-22(3)36)26(30)12-15-33(27,32)8/h19,24-29H,1,9-18,20H2,2-8H3/t24-,25?,26+,27+,28?,29+,30-,31-,32+,33+,34+/m0/s1. The lowest BCUT2D eigenvalue weighted by molar-refractivity contribution is -0.255. The van der Waals surface area contributed by atoms with Crippen LogP contribution in [0.4, 0.5) is 0 Å². The van der Waals surface area contributed by atoms with Gasteiger partial charge < -0.3 is 14.3 Å². The van der Waals surface area contributed by atoms with Crippen molar-refractivity contribution in [1.29, 1.82) is 0 Å². The highest BCUT2D eigenvalue weighted by Gasteiger charge is 2.71. The van der Waals surface area contributed by atoms with E-state index in [1.165, 1.54) is 38.5 Å². The first-order chi connectivity index (χ1) is 18.2. The quantitative estimate of drug-likeness (QED) is 0.208. The van der Waals surface area contributed by atoms with Crippen LogP contribution < -0.4 is 0 Å². The predicted octanol–water partition coefficient (Wildman–Crippen LogP) is 7.32. The van der Waals surface area contributed by atoms with E-state index in [1.807, 2.05) is 0 Å². The minimum atomic E-state index is -0.404. The first kappa shape index (κ1) is 28.9. The van der Waals surface area contributed by atoms with Gasteiger partial charge in [-0.2, -0.15) is 0 Å². The Bertz CT molecular complexity index is 1050. The third kappa shape index (κ3) is 3.94. The molecule has 0 aromatic rings. The van der Waals surface area contributed by atoms with Gasteiger partial charge in [0, 0.05) is 24.7 Å². The van der Waals surface area contributed by atoms with Gasteiger partial charge in [-0.3, -0.25) is 9.59 Å². The summed E-state index contributed by atoms with van der Waals surface area (Å²) in [6.45, 7) is 19.7. The van der Waals surface area contributed by atoms with Crippen molar-refractivity contribution in [3.8, 4) is 0 Å². The summed E-state index contributed by atoms with van der Waals surface area (Å²) < 4.78 is 11.6. The zero-order chi connectivity index (χ0) is 28.6. The molecule has 5 aliphatic rings. The van der Waals surface area contributed by atoms with Gasteiger partial charge in [0.1, 0.15) is 19.0 Å². The molecule has 0 aromatic heterocycles. The molecule has 5 nitrogen and oxygen atoms in total. The van der Waals surface area contributed by atoms with E-state index in [9.17, 15) is 14.4 Å². The molecule has 218 valence electrons. The molecule has 5 rings (SSSR count). The number of fused-ring (bicyclic) bond motifs is 7. The van der Waals surface area contributed by atoms with E-state index in [-0.39, 0.29) is 39.7 Å². The maximum Gasteiger partial charge on any atom is 0.302 e. The summed E-state index contributed by atoms with van der Waals surface area (Å²) in [6, 6.07) is 0. The second-order valence-electron chi connectivity index (χ2n) is 15.5. The van der Waals surface area contributed by atoms with Crippen molar-refractivity contribution in [3.63, 3.8) is 0 Å². The van der Waals surface area contributed by atoms with Crippen LogP contribution in [0, 0.1) is 56.7 Å². The molecule has 0 saturated heterocycles. The summed E-state index contributed by atoms with van der Waals surface area (Å²) >= 11 is 0. The maximum atomic E-state index is 12.7. The normalized spacial score (nSPS) is 50.4. The second-order valence-corrected chi connectivity index (χ2v) is 15.5. The Hall–Kier alpha value is -1.65. The van der Waals surface area contributed by atoms with Crippen LogP contribution in [-0.2, 0) is 23.9 Å². The number of hydrogen-bond donors (Lipinski definition) is 0. The van der Waals surface area contributed by atoms with Crippen LogP contribution in [0.3, 0.4) is 0 Å². The summed E-state index contributed by atoms with van der Waals surface area (Å²) in [7, 11) is 0. The monoisotopic (exact) mass is 540 g/mol. The van der Waals surface area contributed by atoms with E-state index in [1.54, 1.807) is 0 Å². The van der Waals surface area contributed by atoms with E-state index in [2.05, 4.69) is 41.2 Å². The van der Waals surface area contributed by atoms with Gasteiger partial charge in [-0.1, -0.05) is 39.8 Å². The summed E-state index contributed by atoms with van der Waals surface area (Å²) in [4.78, 5) is 36.7. The average Bonchev–Trinajstić information content (AvgIpc) is 3.25. The lowest BCUT2D eigenvalue weighted by Crippen LogP contribution is -2.67. The molecule has 2 unspecified atom stereocenters. The highest BCUT2D eigenvalue weighted by molar-refractivity contribution is 5.67. The Morgan fingerprint density at radius 1 is 0.821 bits per heavy atom. The smallest absolute Gasteiger partial charge is 0.302 e. The van der Waals surface area contributed by atoms with Gasteiger partial charge >= 0.3 is 11.9 Å². The third-order valence-corrected chi connectivity index (χ3v) is 14.0. The lowest BCUT2D eigenvalue weighted by Gasteiger charge is -2.72. The Kier molecular flexibility index (Phi) is 6.99. The number of hydrogen-bond acceptors (Lipinski definition) is 5. The van der Waals surface area contributed by atoms with Gasteiger partial charge in [0.15, 0.2) is 0 Å². The van der Waals surface area contributed by atoms with Gasteiger partial charge in [-0.25, -0.2) is 0 Å². The van der Waals surface area contributed by atoms with Crippen LogP contribution in [0.2, 0.25) is 0 Å². The molecule has 5 saturated carbocycles. The van der Waals surface area contributed by atoms with Gasteiger partial charge in [0.25, 0.3) is 0 Å². The maximum absolute atomic E-state index is 12.7. The van der Waals surface area contributed by atoms with Gasteiger partial charge in [0.2, 0.25) is 0 Å². The molecular formula is C34H52O5. The zero-order valence-electron chi connectivity index (χ0n) is 25.6. The highest BCUT2D eigenvalue weighted by atomic mass is 16.6. The average molecular weight is 541 g/mol. The van der Waals surface area contributed by atoms with Gasteiger partial charge in [-0.15, -0.1) is 0 Å². The molecule has 0 aromatic carbocycles. The molecular weight excluding hydrogens is 488 g/mol. The van der Waals surface area contributed by atoms with Gasteiger partial charge in [-0.05, 0) is 117 Å². The fraction of sp³-hybridized carbons (Fsp3) is 0.853. The Morgan fingerprint density at radius 3 is 2.15 bits per heavy atom. The van der Waals surface area contributed by atoms with E-state index in [4.69, 9.17) is 9.47 Å². The van der Waals surface area contributed by atoms with Crippen molar-refractivity contribution >= 4 is 18.2 Å². The lowest BCUT2D eigenvalue weighted by atomic mass is 9.32. The molecule has 0 N–H and O–H groups in total. The van der Waals surface area contributed by atoms with E-state index >= 15 is 0 Å². The van der Waals surface area contributed by atoms with Crippen LogP contribution in [0.5, 0.6) is 0 Å². The minimum absolute atomic E-state index is 0.0785. The number of esters is 2. The van der Waals surface area contributed by atoms with Crippen molar-refractivity contribution in [2.24, 2.45) is 56.7 Å². The van der Waals surface area contributed by atoms with Crippen molar-refractivity contribution in [3.05, 3.63) is 12.2 Å². The molecule has 0 spiro atoms. The van der Waals surface area contributed by atoms with E-state index in [0.29, 0.717) is 36.2 Å². The SMILES string of the molecule is C=C(C)[C@@H]1CC[C@]2(C=O)CC[C@]3(C)C(CC[C@@H]4[C@@]5(C)CCC(OC(C)=O)[C@@](C)(COC(C)=O)[C@@H]5CC[C@]43C)[C@@H]12. The molecule has 0 aliphatic heterocycles. The molecule has 0 amide bonds. The minimum Gasteiger partial charge on any atom is -0.465 e. The molecule has 39 heavy (non-hydrogen) atoms.